The van der Waals surface area contributed by atoms with Crippen molar-refractivity contribution in [2.24, 2.45) is 0 Å². The summed E-state index contributed by atoms with van der Waals surface area (Å²) in [4.78, 5) is 10.9. The van der Waals surface area contributed by atoms with E-state index in [2.05, 4.69) is 4.74 Å². The molecule has 1 unspecified atom stereocenters. The van der Waals surface area contributed by atoms with Crippen molar-refractivity contribution >= 4 is 5.97 Å². The summed E-state index contributed by atoms with van der Waals surface area (Å²) in [7, 11) is 1.27. The van der Waals surface area contributed by atoms with Gasteiger partial charge in [-0.3, -0.25) is 0 Å². The fourth-order valence-electron chi connectivity index (χ4n) is 1.28. The highest BCUT2D eigenvalue weighted by molar-refractivity contribution is 5.74. The van der Waals surface area contributed by atoms with Crippen LogP contribution >= 0.6 is 0 Å². The van der Waals surface area contributed by atoms with E-state index in [-0.39, 0.29) is 0 Å². The number of rotatable bonds is 3. The van der Waals surface area contributed by atoms with Gasteiger partial charge in [0.1, 0.15) is 0 Å². The van der Waals surface area contributed by atoms with Gasteiger partial charge < -0.3 is 9.84 Å². The van der Waals surface area contributed by atoms with Gasteiger partial charge in [-0.15, -0.1) is 0 Å². The van der Waals surface area contributed by atoms with Crippen LogP contribution in [-0.2, 0) is 16.0 Å². The van der Waals surface area contributed by atoms with Crippen molar-refractivity contribution in [3.63, 3.8) is 0 Å². The summed E-state index contributed by atoms with van der Waals surface area (Å²) in [5.41, 5.74) is 2.04. The zero-order chi connectivity index (χ0) is 10.6. The molecule has 0 radical (unpaired) electrons. The highest BCUT2D eigenvalue weighted by atomic mass is 16.5. The molecule has 0 fully saturated rings. The second kappa shape index (κ2) is 4.77. The van der Waals surface area contributed by atoms with E-state index in [0.29, 0.717) is 6.42 Å². The van der Waals surface area contributed by atoms with Gasteiger partial charge >= 0.3 is 5.97 Å². The maximum atomic E-state index is 10.9. The predicted octanol–water partition coefficient (Wildman–Crippen LogP) is 1.07. The molecule has 0 aliphatic carbocycles. The molecular weight excluding hydrogens is 180 g/mol. The van der Waals surface area contributed by atoms with E-state index in [1.165, 1.54) is 7.11 Å². The lowest BCUT2D eigenvalue weighted by Crippen LogP contribution is -2.24. The van der Waals surface area contributed by atoms with Crippen LogP contribution in [0.2, 0.25) is 0 Å². The molecule has 1 aromatic rings. The Balaban J connectivity index is 2.64. The van der Waals surface area contributed by atoms with Crippen molar-refractivity contribution in [2.75, 3.05) is 7.11 Å². The molecular formula is C11H14O3. The van der Waals surface area contributed by atoms with E-state index in [1.54, 1.807) is 0 Å². The van der Waals surface area contributed by atoms with E-state index < -0.39 is 12.1 Å². The average molecular weight is 194 g/mol. The molecule has 0 saturated heterocycles. The summed E-state index contributed by atoms with van der Waals surface area (Å²) in [5, 5.41) is 9.39. The first-order valence-corrected chi connectivity index (χ1v) is 4.45. The molecule has 0 aromatic heterocycles. The van der Waals surface area contributed by atoms with Gasteiger partial charge in [0.25, 0.3) is 0 Å². The van der Waals surface area contributed by atoms with Crippen LogP contribution in [-0.4, -0.2) is 24.3 Å². The number of carbonyl (C=O) groups is 1. The number of esters is 1. The zero-order valence-electron chi connectivity index (χ0n) is 8.36. The monoisotopic (exact) mass is 194 g/mol. The third kappa shape index (κ3) is 2.85. The van der Waals surface area contributed by atoms with E-state index >= 15 is 0 Å². The maximum absolute atomic E-state index is 10.9. The third-order valence-electron chi connectivity index (χ3n) is 1.98. The second-order valence-corrected chi connectivity index (χ2v) is 3.23. The molecule has 3 heteroatoms. The van der Waals surface area contributed by atoms with Crippen molar-refractivity contribution in [2.45, 2.75) is 19.4 Å². The molecule has 0 saturated carbocycles. The highest BCUT2D eigenvalue weighted by Crippen LogP contribution is 2.07. The number of aryl methyl sites for hydroxylation is 1. The van der Waals surface area contributed by atoms with Crippen molar-refractivity contribution < 1.29 is 14.6 Å². The molecule has 14 heavy (non-hydrogen) atoms. The fourth-order valence-corrected chi connectivity index (χ4v) is 1.28. The molecule has 1 rings (SSSR count). The van der Waals surface area contributed by atoms with Crippen LogP contribution in [0.1, 0.15) is 11.1 Å². The Morgan fingerprint density at radius 3 is 2.86 bits per heavy atom. The quantitative estimate of drug-likeness (QED) is 0.732. The summed E-state index contributed by atoms with van der Waals surface area (Å²) in [6.45, 7) is 1.97. The van der Waals surface area contributed by atoms with Gasteiger partial charge in [0, 0.05) is 6.42 Å². The molecule has 1 N–H and O–H groups in total. The topological polar surface area (TPSA) is 46.5 Å². The number of carbonyl (C=O) groups excluding carboxylic acids is 1. The largest absolute Gasteiger partial charge is 0.467 e. The van der Waals surface area contributed by atoms with Gasteiger partial charge in [0.2, 0.25) is 0 Å². The molecule has 0 amide bonds. The SMILES string of the molecule is COC(=O)C(O)Cc1cccc(C)c1. The van der Waals surface area contributed by atoms with Crippen molar-refractivity contribution in [3.05, 3.63) is 35.4 Å². The van der Waals surface area contributed by atoms with E-state index in [9.17, 15) is 9.90 Å². The molecule has 0 aliphatic rings. The Bertz CT molecular complexity index is 320. The van der Waals surface area contributed by atoms with E-state index in [0.717, 1.165) is 11.1 Å². The molecule has 1 atom stereocenters. The number of methoxy groups -OCH3 is 1. The summed E-state index contributed by atoms with van der Waals surface area (Å²) in [6.07, 6.45) is -0.768. The normalized spacial score (nSPS) is 12.2. The number of aliphatic hydroxyl groups excluding tert-OH is 1. The lowest BCUT2D eigenvalue weighted by molar-refractivity contribution is -0.150. The number of aliphatic hydroxyl groups is 1. The Kier molecular flexibility index (Phi) is 3.65. The maximum Gasteiger partial charge on any atom is 0.335 e. The Hall–Kier alpha value is -1.35. The third-order valence-corrected chi connectivity index (χ3v) is 1.98. The zero-order valence-corrected chi connectivity index (χ0v) is 8.36. The van der Waals surface area contributed by atoms with Crippen LogP contribution in [0.4, 0.5) is 0 Å². The number of hydrogen-bond acceptors (Lipinski definition) is 3. The average Bonchev–Trinajstić information content (AvgIpc) is 2.16. The first kappa shape index (κ1) is 10.7. The van der Waals surface area contributed by atoms with E-state index in [4.69, 9.17) is 0 Å². The van der Waals surface area contributed by atoms with Crippen LogP contribution < -0.4 is 0 Å². The van der Waals surface area contributed by atoms with Gasteiger partial charge in [-0.2, -0.15) is 0 Å². The van der Waals surface area contributed by atoms with Crippen molar-refractivity contribution in [3.8, 4) is 0 Å². The Morgan fingerprint density at radius 1 is 1.57 bits per heavy atom. The summed E-state index contributed by atoms with van der Waals surface area (Å²) < 4.78 is 4.43. The van der Waals surface area contributed by atoms with Crippen LogP contribution in [0, 0.1) is 6.92 Å². The minimum atomic E-state index is -1.07. The summed E-state index contributed by atoms with van der Waals surface area (Å²) >= 11 is 0. The van der Waals surface area contributed by atoms with Gasteiger partial charge in [-0.05, 0) is 12.5 Å². The molecule has 3 nitrogen and oxygen atoms in total. The molecule has 0 spiro atoms. The van der Waals surface area contributed by atoms with Gasteiger partial charge in [-0.1, -0.05) is 29.8 Å². The molecule has 0 bridgehead atoms. The van der Waals surface area contributed by atoms with E-state index in [1.807, 2.05) is 31.2 Å². The van der Waals surface area contributed by atoms with Crippen LogP contribution in [0.15, 0.2) is 24.3 Å². The molecule has 0 aliphatic heterocycles. The van der Waals surface area contributed by atoms with Crippen molar-refractivity contribution in [1.82, 2.24) is 0 Å². The van der Waals surface area contributed by atoms with Gasteiger partial charge in [0.05, 0.1) is 7.11 Å². The van der Waals surface area contributed by atoms with Crippen molar-refractivity contribution in [1.29, 1.82) is 0 Å². The molecule has 1 aromatic carbocycles. The minimum Gasteiger partial charge on any atom is -0.467 e. The van der Waals surface area contributed by atoms with Crippen LogP contribution in [0.3, 0.4) is 0 Å². The Labute approximate surface area is 83.3 Å². The fraction of sp³-hybridized carbons (Fsp3) is 0.364. The number of ether oxygens (including phenoxy) is 1. The summed E-state index contributed by atoms with van der Waals surface area (Å²) in [5.74, 6) is -0.591. The number of hydrogen-bond donors (Lipinski definition) is 1. The smallest absolute Gasteiger partial charge is 0.335 e. The molecule has 0 heterocycles. The number of benzene rings is 1. The van der Waals surface area contributed by atoms with Crippen LogP contribution in [0.5, 0.6) is 0 Å². The summed E-state index contributed by atoms with van der Waals surface area (Å²) in [6, 6.07) is 7.67. The second-order valence-electron chi connectivity index (χ2n) is 3.23. The minimum absolute atomic E-state index is 0.300. The van der Waals surface area contributed by atoms with Gasteiger partial charge in [0.15, 0.2) is 6.10 Å². The first-order valence-electron chi connectivity index (χ1n) is 4.45. The van der Waals surface area contributed by atoms with Crippen LogP contribution in [0.25, 0.3) is 0 Å². The standard InChI is InChI=1S/C11H14O3/c1-8-4-3-5-9(6-8)7-10(12)11(13)14-2/h3-6,10,12H,7H2,1-2H3. The predicted molar refractivity (Wildman–Crippen MR) is 52.9 cm³/mol. The first-order chi connectivity index (χ1) is 6.63. The highest BCUT2D eigenvalue weighted by Gasteiger charge is 2.15. The molecule has 76 valence electrons. The van der Waals surface area contributed by atoms with Gasteiger partial charge in [-0.25, -0.2) is 4.79 Å². The lowest BCUT2D eigenvalue weighted by Gasteiger charge is -2.08. The Morgan fingerprint density at radius 2 is 2.29 bits per heavy atom. The lowest BCUT2D eigenvalue weighted by atomic mass is 10.1.